The zero-order valence-corrected chi connectivity index (χ0v) is 28.6. The van der Waals surface area contributed by atoms with Crippen LogP contribution >= 0.6 is 0 Å². The largest absolute Gasteiger partial charge is 0.501 e. The van der Waals surface area contributed by atoms with Crippen LogP contribution in [0.3, 0.4) is 0 Å². The molecule has 8 rings (SSSR count). The molecule has 4 nitrogen and oxygen atoms in total. The van der Waals surface area contributed by atoms with Crippen LogP contribution in [-0.4, -0.2) is 14.5 Å². The Hall–Kier alpha value is -4.31. The Balaban J connectivity index is 0.000000158. The molecule has 0 N–H and O–H groups in total. The Labute approximate surface area is 278 Å². The van der Waals surface area contributed by atoms with Gasteiger partial charge in [0, 0.05) is 31.7 Å². The maximum absolute atomic E-state index is 6.11. The Bertz CT molecular complexity index is 2160. The summed E-state index contributed by atoms with van der Waals surface area (Å²) in [5, 5.41) is 2.25. The van der Waals surface area contributed by atoms with Crippen LogP contribution in [0.1, 0.15) is 45.7 Å². The number of furan rings is 1. The van der Waals surface area contributed by atoms with Gasteiger partial charge in [0.05, 0.1) is 28.0 Å². The topological polar surface area (TPSA) is 43.9 Å². The molecule has 1 radical (unpaired) electrons. The van der Waals surface area contributed by atoms with Crippen molar-refractivity contribution in [3.63, 3.8) is 0 Å². The van der Waals surface area contributed by atoms with Gasteiger partial charge in [0.2, 0.25) is 0 Å². The molecule has 227 valence electrons. The van der Waals surface area contributed by atoms with Gasteiger partial charge in [-0.1, -0.05) is 85.8 Å². The van der Waals surface area contributed by atoms with Crippen LogP contribution in [0.25, 0.3) is 61.7 Å². The van der Waals surface area contributed by atoms with Gasteiger partial charge in [0.15, 0.2) is 0 Å². The third kappa shape index (κ3) is 5.91. The van der Waals surface area contributed by atoms with E-state index in [0.717, 1.165) is 56.5 Å². The van der Waals surface area contributed by atoms with Crippen molar-refractivity contribution in [2.24, 2.45) is 5.41 Å². The third-order valence-corrected chi connectivity index (χ3v) is 8.06. The summed E-state index contributed by atoms with van der Waals surface area (Å²) in [5.41, 5.74) is 9.60. The van der Waals surface area contributed by atoms with E-state index in [0.29, 0.717) is 0 Å². The van der Waals surface area contributed by atoms with Crippen molar-refractivity contribution >= 4 is 39.0 Å². The molecule has 0 spiro atoms. The molecule has 0 saturated carbocycles. The molecule has 4 heterocycles. The minimum Gasteiger partial charge on any atom is -0.501 e. The number of pyridine rings is 1. The number of fused-ring (bicyclic) bond motifs is 3. The summed E-state index contributed by atoms with van der Waals surface area (Å²) in [5.74, 6) is 0.988. The molecule has 4 aromatic carbocycles. The molecule has 0 atom stereocenters. The summed E-state index contributed by atoms with van der Waals surface area (Å²) in [4.78, 5) is 9.41. The molecule has 1 aliphatic heterocycles. The second-order valence-electron chi connectivity index (χ2n) is 13.2. The van der Waals surface area contributed by atoms with Crippen molar-refractivity contribution in [1.82, 2.24) is 14.5 Å². The fraction of sp³-hybridized carbons (Fsp3) is 0.200. The van der Waals surface area contributed by atoms with Crippen molar-refractivity contribution in [1.29, 1.82) is 0 Å². The molecular formula is C40H35IrN3O-2. The zero-order valence-electron chi connectivity index (χ0n) is 26.2. The summed E-state index contributed by atoms with van der Waals surface area (Å²) in [6.45, 7) is 11.2. The average Bonchev–Trinajstić information content (AvgIpc) is 3.60. The molecule has 0 unspecified atom stereocenters. The van der Waals surface area contributed by atoms with Gasteiger partial charge < -0.3 is 14.0 Å². The number of aromatic nitrogens is 3. The van der Waals surface area contributed by atoms with E-state index in [-0.39, 0.29) is 31.1 Å². The van der Waals surface area contributed by atoms with Crippen molar-refractivity contribution in [3.05, 3.63) is 127 Å². The van der Waals surface area contributed by atoms with Gasteiger partial charge in [0.1, 0.15) is 5.58 Å². The van der Waals surface area contributed by atoms with Crippen LogP contribution in [0.5, 0.6) is 0 Å². The summed E-state index contributed by atoms with van der Waals surface area (Å²) >= 11 is 0. The number of nitrogens with zero attached hydrogens (tertiary/aromatic N) is 3. The monoisotopic (exact) mass is 766 g/mol. The second-order valence-corrected chi connectivity index (χ2v) is 13.2. The molecule has 5 heteroatoms. The summed E-state index contributed by atoms with van der Waals surface area (Å²) in [6, 6.07) is 37.3. The van der Waals surface area contributed by atoms with Gasteiger partial charge in [-0.15, -0.1) is 54.1 Å². The van der Waals surface area contributed by atoms with Crippen LogP contribution in [-0.2, 0) is 32.1 Å². The van der Waals surface area contributed by atoms with Crippen molar-refractivity contribution in [3.8, 4) is 22.6 Å². The van der Waals surface area contributed by atoms with Gasteiger partial charge in [-0.2, -0.15) is 0 Å². The van der Waals surface area contributed by atoms with Crippen LogP contribution < -0.4 is 0 Å². The fourth-order valence-electron chi connectivity index (χ4n) is 6.14. The van der Waals surface area contributed by atoms with E-state index in [9.17, 15) is 0 Å². The minimum atomic E-state index is -0.0812. The number of hydrogen-bond donors (Lipinski definition) is 0. The molecule has 0 fully saturated rings. The number of para-hydroxylation sites is 2. The minimum absolute atomic E-state index is 0. The molecule has 0 bridgehead atoms. The van der Waals surface area contributed by atoms with Gasteiger partial charge >= 0.3 is 0 Å². The van der Waals surface area contributed by atoms with Crippen molar-refractivity contribution < 1.29 is 24.5 Å². The molecule has 0 amide bonds. The van der Waals surface area contributed by atoms with Crippen LogP contribution in [0, 0.1) is 17.5 Å². The maximum atomic E-state index is 6.11. The first kappa shape index (κ1) is 30.7. The predicted octanol–water partition coefficient (Wildman–Crippen LogP) is 10.3. The standard InChI is InChI=1S/C22H20NO.C18H15N2.Ir/c1-22(2,3)14-15-11-12-23-19(13-15)18-9-6-8-17-16-7-4-5-10-20(16)24-21(17)18;1-18(2)12-11-13-9-6-10-15-16(13)20(18)17(19-15)14-7-4-3-5-8-14;/h4-8,10-13H,14H2,1-3H3;3-7,9-12H,1-2H3;/q2*-1;. The van der Waals surface area contributed by atoms with Crippen molar-refractivity contribution in [2.45, 2.75) is 46.6 Å². The predicted molar refractivity (Wildman–Crippen MR) is 181 cm³/mol. The Morgan fingerprint density at radius 3 is 2.49 bits per heavy atom. The number of rotatable bonds is 3. The number of imidazole rings is 1. The van der Waals surface area contributed by atoms with Gasteiger partial charge in [-0.05, 0) is 55.1 Å². The maximum Gasteiger partial charge on any atom is 0.120 e. The normalized spacial score (nSPS) is 13.4. The zero-order chi connectivity index (χ0) is 30.5. The summed E-state index contributed by atoms with van der Waals surface area (Å²) in [6.07, 6.45) is 7.33. The number of benzene rings is 4. The molecule has 1 aliphatic rings. The average molecular weight is 766 g/mol. The third-order valence-electron chi connectivity index (χ3n) is 8.06. The Kier molecular flexibility index (Phi) is 8.11. The first-order valence-corrected chi connectivity index (χ1v) is 15.1. The number of hydrogen-bond acceptors (Lipinski definition) is 3. The summed E-state index contributed by atoms with van der Waals surface area (Å²) in [7, 11) is 0. The van der Waals surface area contributed by atoms with Gasteiger partial charge in [0.25, 0.3) is 0 Å². The Morgan fingerprint density at radius 2 is 1.69 bits per heavy atom. The van der Waals surface area contributed by atoms with Gasteiger partial charge in [-0.25, -0.2) is 0 Å². The molecule has 0 aliphatic carbocycles. The first-order chi connectivity index (χ1) is 21.2. The quantitative estimate of drug-likeness (QED) is 0.168. The van der Waals surface area contributed by atoms with Gasteiger partial charge in [-0.3, -0.25) is 4.98 Å². The second kappa shape index (κ2) is 11.9. The molecular weight excluding hydrogens is 731 g/mol. The van der Waals surface area contributed by atoms with Crippen molar-refractivity contribution in [2.75, 3.05) is 0 Å². The van der Waals surface area contributed by atoms with E-state index >= 15 is 0 Å². The molecule has 7 aromatic rings. The van der Waals surface area contributed by atoms with E-state index in [1.165, 1.54) is 16.6 Å². The van der Waals surface area contributed by atoms with E-state index in [1.807, 2.05) is 48.7 Å². The fourth-order valence-corrected chi connectivity index (χ4v) is 6.14. The number of allylic oxidation sites excluding steroid dienone is 1. The first-order valence-electron chi connectivity index (χ1n) is 15.1. The van der Waals surface area contributed by atoms with Crippen LogP contribution in [0.4, 0.5) is 0 Å². The van der Waals surface area contributed by atoms with E-state index in [4.69, 9.17) is 9.40 Å². The molecule has 45 heavy (non-hydrogen) atoms. The van der Waals surface area contributed by atoms with E-state index in [2.05, 4.69) is 117 Å². The summed E-state index contributed by atoms with van der Waals surface area (Å²) < 4.78 is 8.43. The molecule has 0 saturated heterocycles. The Morgan fingerprint density at radius 1 is 0.867 bits per heavy atom. The molecule has 3 aromatic heterocycles. The van der Waals surface area contributed by atoms with Crippen LogP contribution in [0.2, 0.25) is 0 Å². The smallest absolute Gasteiger partial charge is 0.120 e. The van der Waals surface area contributed by atoms with Crippen LogP contribution in [0.15, 0.2) is 108 Å². The van der Waals surface area contributed by atoms with E-state index < -0.39 is 0 Å². The SMILES string of the molecule is CC(C)(C)Cc1ccnc(-c2[c-]ccc3c2oc2ccccc23)c1.CC1(C)C=Cc2cccc3nc(-c4[c-]cccc4)n1c23.[Ir]. The van der Waals surface area contributed by atoms with E-state index in [1.54, 1.807) is 0 Å².